The SMILES string of the molecule is Cc1cc(C)c2sc(NC(=O)c3cccc(N(C)C)c3)nc2c1. The van der Waals surface area contributed by atoms with E-state index in [0.717, 1.165) is 15.9 Å². The highest BCUT2D eigenvalue weighted by atomic mass is 32.1. The number of fused-ring (bicyclic) bond motifs is 1. The highest BCUT2D eigenvalue weighted by molar-refractivity contribution is 7.22. The number of benzene rings is 2. The Morgan fingerprint density at radius 1 is 1.17 bits per heavy atom. The van der Waals surface area contributed by atoms with Gasteiger partial charge in [-0.2, -0.15) is 0 Å². The highest BCUT2D eigenvalue weighted by Crippen LogP contribution is 2.30. The Morgan fingerprint density at radius 2 is 1.96 bits per heavy atom. The molecule has 0 bridgehead atoms. The molecule has 0 radical (unpaired) electrons. The van der Waals surface area contributed by atoms with Crippen molar-refractivity contribution in [2.45, 2.75) is 13.8 Å². The van der Waals surface area contributed by atoms with Crippen molar-refractivity contribution >= 4 is 38.3 Å². The molecular weight excluding hydrogens is 306 g/mol. The predicted molar refractivity (Wildman–Crippen MR) is 97.8 cm³/mol. The molecule has 0 saturated heterocycles. The lowest BCUT2D eigenvalue weighted by molar-refractivity contribution is 0.102. The Balaban J connectivity index is 1.88. The van der Waals surface area contributed by atoms with E-state index in [1.807, 2.05) is 49.3 Å². The molecule has 3 aromatic rings. The number of aryl methyl sites for hydroxylation is 2. The summed E-state index contributed by atoms with van der Waals surface area (Å²) in [6.45, 7) is 4.12. The van der Waals surface area contributed by atoms with E-state index in [-0.39, 0.29) is 5.91 Å². The standard InChI is InChI=1S/C18H19N3OS/c1-11-8-12(2)16-15(9-11)19-18(23-16)20-17(22)13-6-5-7-14(10-13)21(3)4/h5-10H,1-4H3,(H,19,20,22). The summed E-state index contributed by atoms with van der Waals surface area (Å²) < 4.78 is 1.12. The first-order valence-electron chi connectivity index (χ1n) is 7.40. The molecular formula is C18H19N3OS. The van der Waals surface area contributed by atoms with Gasteiger partial charge in [-0.05, 0) is 49.2 Å². The van der Waals surface area contributed by atoms with Crippen molar-refractivity contribution in [2.75, 3.05) is 24.3 Å². The van der Waals surface area contributed by atoms with E-state index in [0.29, 0.717) is 10.7 Å². The first kappa shape index (κ1) is 15.5. The number of carbonyl (C=O) groups excluding carboxylic acids is 1. The van der Waals surface area contributed by atoms with Gasteiger partial charge in [-0.3, -0.25) is 10.1 Å². The topological polar surface area (TPSA) is 45.2 Å². The zero-order chi connectivity index (χ0) is 16.6. The number of rotatable bonds is 3. The molecule has 3 rings (SSSR count). The zero-order valence-corrected chi connectivity index (χ0v) is 14.5. The monoisotopic (exact) mass is 325 g/mol. The fourth-order valence-corrected chi connectivity index (χ4v) is 3.43. The molecule has 0 aliphatic rings. The lowest BCUT2D eigenvalue weighted by Gasteiger charge is -2.13. The van der Waals surface area contributed by atoms with E-state index in [1.54, 1.807) is 0 Å². The zero-order valence-electron chi connectivity index (χ0n) is 13.7. The van der Waals surface area contributed by atoms with E-state index in [1.165, 1.54) is 22.5 Å². The number of aromatic nitrogens is 1. The van der Waals surface area contributed by atoms with Crippen molar-refractivity contribution in [1.82, 2.24) is 4.98 Å². The molecule has 0 unspecified atom stereocenters. The second-order valence-corrected chi connectivity index (χ2v) is 6.85. The summed E-state index contributed by atoms with van der Waals surface area (Å²) in [5.41, 5.74) is 4.92. The van der Waals surface area contributed by atoms with Crippen LogP contribution in [0.25, 0.3) is 10.2 Å². The van der Waals surface area contributed by atoms with Crippen LogP contribution in [0.1, 0.15) is 21.5 Å². The minimum absolute atomic E-state index is 0.137. The fraction of sp³-hybridized carbons (Fsp3) is 0.222. The van der Waals surface area contributed by atoms with E-state index < -0.39 is 0 Å². The fourth-order valence-electron chi connectivity index (χ4n) is 2.52. The number of hydrogen-bond acceptors (Lipinski definition) is 4. The maximum Gasteiger partial charge on any atom is 0.257 e. The molecule has 0 saturated carbocycles. The van der Waals surface area contributed by atoms with Crippen molar-refractivity contribution in [3.63, 3.8) is 0 Å². The van der Waals surface area contributed by atoms with Gasteiger partial charge in [0.25, 0.3) is 5.91 Å². The molecule has 0 spiro atoms. The van der Waals surface area contributed by atoms with Crippen molar-refractivity contribution in [2.24, 2.45) is 0 Å². The normalized spacial score (nSPS) is 10.8. The largest absolute Gasteiger partial charge is 0.378 e. The molecule has 1 aromatic heterocycles. The first-order chi connectivity index (χ1) is 10.9. The van der Waals surface area contributed by atoms with Gasteiger partial charge in [0.1, 0.15) is 0 Å². The van der Waals surface area contributed by atoms with Crippen LogP contribution in [-0.2, 0) is 0 Å². The van der Waals surface area contributed by atoms with Gasteiger partial charge >= 0.3 is 0 Å². The van der Waals surface area contributed by atoms with Gasteiger partial charge in [0.05, 0.1) is 10.2 Å². The molecule has 4 nitrogen and oxygen atoms in total. The first-order valence-corrected chi connectivity index (χ1v) is 8.22. The van der Waals surface area contributed by atoms with Gasteiger partial charge in [-0.1, -0.05) is 23.5 Å². The van der Waals surface area contributed by atoms with Gasteiger partial charge in [-0.25, -0.2) is 4.98 Å². The summed E-state index contributed by atoms with van der Waals surface area (Å²) >= 11 is 1.51. The van der Waals surface area contributed by atoms with E-state index in [2.05, 4.69) is 30.2 Å². The second-order valence-electron chi connectivity index (χ2n) is 5.85. The van der Waals surface area contributed by atoms with Crippen LogP contribution in [0.15, 0.2) is 36.4 Å². The van der Waals surface area contributed by atoms with Crippen LogP contribution in [0.5, 0.6) is 0 Å². The molecule has 5 heteroatoms. The second kappa shape index (κ2) is 6.01. The van der Waals surface area contributed by atoms with Crippen molar-refractivity contribution in [3.05, 3.63) is 53.1 Å². The summed E-state index contributed by atoms with van der Waals surface area (Å²) in [5.74, 6) is -0.137. The number of carbonyl (C=O) groups is 1. The van der Waals surface area contributed by atoms with Crippen molar-refractivity contribution in [1.29, 1.82) is 0 Å². The van der Waals surface area contributed by atoms with E-state index in [4.69, 9.17) is 0 Å². The third kappa shape index (κ3) is 3.19. The predicted octanol–water partition coefficient (Wildman–Crippen LogP) is 4.23. The molecule has 0 aliphatic heterocycles. The minimum atomic E-state index is -0.137. The summed E-state index contributed by atoms with van der Waals surface area (Å²) in [6, 6.07) is 11.7. The Bertz CT molecular complexity index is 883. The van der Waals surface area contributed by atoms with E-state index >= 15 is 0 Å². The Kier molecular flexibility index (Phi) is 4.05. The molecule has 1 amide bonds. The average molecular weight is 325 g/mol. The number of anilines is 2. The van der Waals surface area contributed by atoms with Crippen molar-refractivity contribution < 1.29 is 4.79 Å². The van der Waals surface area contributed by atoms with Crippen LogP contribution in [0.4, 0.5) is 10.8 Å². The lowest BCUT2D eigenvalue weighted by Crippen LogP contribution is -2.14. The molecule has 118 valence electrons. The van der Waals surface area contributed by atoms with Crippen LogP contribution < -0.4 is 10.2 Å². The van der Waals surface area contributed by atoms with Crippen LogP contribution in [0, 0.1) is 13.8 Å². The number of nitrogens with one attached hydrogen (secondary N) is 1. The lowest BCUT2D eigenvalue weighted by atomic mass is 10.1. The van der Waals surface area contributed by atoms with Gasteiger partial charge in [-0.15, -0.1) is 0 Å². The smallest absolute Gasteiger partial charge is 0.257 e. The number of thiazole rings is 1. The number of hydrogen-bond donors (Lipinski definition) is 1. The number of amides is 1. The van der Waals surface area contributed by atoms with Crippen LogP contribution in [0.2, 0.25) is 0 Å². The molecule has 1 N–H and O–H groups in total. The quantitative estimate of drug-likeness (QED) is 0.784. The molecule has 2 aromatic carbocycles. The molecule has 23 heavy (non-hydrogen) atoms. The maximum absolute atomic E-state index is 12.5. The Morgan fingerprint density at radius 3 is 2.70 bits per heavy atom. The summed E-state index contributed by atoms with van der Waals surface area (Å²) in [7, 11) is 3.91. The Hall–Kier alpha value is -2.40. The molecule has 0 fully saturated rings. The average Bonchev–Trinajstić information content (AvgIpc) is 2.90. The summed E-state index contributed by atoms with van der Waals surface area (Å²) in [5, 5.41) is 3.54. The van der Waals surface area contributed by atoms with E-state index in [9.17, 15) is 4.79 Å². The minimum Gasteiger partial charge on any atom is -0.378 e. The van der Waals surface area contributed by atoms with Gasteiger partial charge in [0, 0.05) is 25.3 Å². The van der Waals surface area contributed by atoms with Crippen LogP contribution in [0.3, 0.4) is 0 Å². The third-order valence-corrected chi connectivity index (χ3v) is 4.79. The van der Waals surface area contributed by atoms with Crippen molar-refractivity contribution in [3.8, 4) is 0 Å². The van der Waals surface area contributed by atoms with Crippen LogP contribution in [-0.4, -0.2) is 25.0 Å². The third-order valence-electron chi connectivity index (χ3n) is 3.67. The molecule has 0 aliphatic carbocycles. The van der Waals surface area contributed by atoms with Gasteiger partial charge in [0.2, 0.25) is 0 Å². The van der Waals surface area contributed by atoms with Gasteiger partial charge in [0.15, 0.2) is 5.13 Å². The summed E-state index contributed by atoms with van der Waals surface area (Å²) in [4.78, 5) is 19.0. The molecule has 0 atom stereocenters. The summed E-state index contributed by atoms with van der Waals surface area (Å²) in [6.07, 6.45) is 0. The van der Waals surface area contributed by atoms with Crippen LogP contribution >= 0.6 is 11.3 Å². The molecule has 1 heterocycles. The maximum atomic E-state index is 12.5. The highest BCUT2D eigenvalue weighted by Gasteiger charge is 2.12. The Labute approximate surface area is 139 Å². The van der Waals surface area contributed by atoms with Gasteiger partial charge < -0.3 is 4.90 Å². The number of nitrogens with zero attached hydrogens (tertiary/aromatic N) is 2.